The zero-order chi connectivity index (χ0) is 20.2. The average Bonchev–Trinajstić information content (AvgIpc) is 3.05. The lowest BCUT2D eigenvalue weighted by molar-refractivity contribution is 0.144. The number of benzene rings is 3. The first-order chi connectivity index (χ1) is 14.1. The molecule has 0 aromatic heterocycles. The monoisotopic (exact) mass is 384 g/mol. The van der Waals surface area contributed by atoms with E-state index in [-0.39, 0.29) is 5.92 Å². The van der Waals surface area contributed by atoms with Gasteiger partial charge in [0, 0.05) is 18.2 Å². The number of nitrogen functional groups attached to an aromatic ring is 1. The molecule has 0 radical (unpaired) electrons. The Hall–Kier alpha value is -3.53. The molecule has 3 aromatic rings. The van der Waals surface area contributed by atoms with E-state index in [1.54, 1.807) is 0 Å². The third-order valence-electron chi connectivity index (χ3n) is 5.30. The number of alkyl carbamates (subject to hydrolysis) is 1. The predicted molar refractivity (Wildman–Crippen MR) is 118 cm³/mol. The minimum absolute atomic E-state index is 0.0705. The molecule has 0 heterocycles. The van der Waals surface area contributed by atoms with Crippen molar-refractivity contribution in [2.24, 2.45) is 0 Å². The van der Waals surface area contributed by atoms with Gasteiger partial charge < -0.3 is 15.8 Å². The summed E-state index contributed by atoms with van der Waals surface area (Å²) in [4.78, 5) is 12.2. The van der Waals surface area contributed by atoms with Crippen LogP contribution in [0.25, 0.3) is 17.2 Å². The zero-order valence-electron chi connectivity index (χ0n) is 16.4. The van der Waals surface area contributed by atoms with Gasteiger partial charge in [-0.25, -0.2) is 4.79 Å². The number of rotatable bonds is 5. The summed E-state index contributed by atoms with van der Waals surface area (Å²) in [6.45, 7) is 2.73. The molecule has 3 N–H and O–H groups in total. The second-order valence-corrected chi connectivity index (χ2v) is 7.22. The molecule has 1 aliphatic carbocycles. The van der Waals surface area contributed by atoms with Crippen LogP contribution in [-0.4, -0.2) is 19.2 Å². The molecule has 3 aromatic carbocycles. The summed E-state index contributed by atoms with van der Waals surface area (Å²) in [6.07, 6.45) is 3.46. The number of aryl methyl sites for hydroxylation is 1. The first-order valence-electron chi connectivity index (χ1n) is 9.75. The summed E-state index contributed by atoms with van der Waals surface area (Å²) in [7, 11) is 0. The Morgan fingerprint density at radius 1 is 1.03 bits per heavy atom. The van der Waals surface area contributed by atoms with Crippen molar-refractivity contribution in [3.8, 4) is 11.1 Å². The van der Waals surface area contributed by atoms with Crippen molar-refractivity contribution in [1.82, 2.24) is 5.32 Å². The highest BCUT2D eigenvalue weighted by atomic mass is 16.5. The number of hydrogen-bond acceptors (Lipinski definition) is 3. The van der Waals surface area contributed by atoms with Crippen LogP contribution < -0.4 is 11.1 Å². The first kappa shape index (κ1) is 18.8. The number of carbonyl (C=O) groups is 1. The number of nitrogens with one attached hydrogen (secondary N) is 1. The molecule has 4 nitrogen and oxygen atoms in total. The summed E-state index contributed by atoms with van der Waals surface area (Å²) in [5.74, 6) is 0.0705. The second kappa shape index (κ2) is 8.23. The summed E-state index contributed by atoms with van der Waals surface area (Å²) in [5, 5.41) is 2.78. The van der Waals surface area contributed by atoms with Crippen LogP contribution in [0.2, 0.25) is 0 Å². The van der Waals surface area contributed by atoms with Gasteiger partial charge in [0.25, 0.3) is 0 Å². The van der Waals surface area contributed by atoms with Crippen molar-refractivity contribution in [3.63, 3.8) is 0 Å². The largest absolute Gasteiger partial charge is 0.449 e. The number of anilines is 1. The summed E-state index contributed by atoms with van der Waals surface area (Å²) < 4.78 is 5.53. The van der Waals surface area contributed by atoms with Crippen molar-refractivity contribution in [2.75, 3.05) is 18.9 Å². The number of fused-ring (bicyclic) bond motifs is 3. The van der Waals surface area contributed by atoms with Crippen molar-refractivity contribution in [3.05, 3.63) is 95.1 Å². The molecule has 0 atom stereocenters. The Morgan fingerprint density at radius 2 is 1.69 bits per heavy atom. The molecule has 0 aliphatic heterocycles. The minimum atomic E-state index is -0.412. The fraction of sp³-hybridized carbons (Fsp3) is 0.160. The number of nitrogens with two attached hydrogens (primary N) is 1. The Balaban J connectivity index is 1.34. The number of ether oxygens (including phenoxy) is 1. The summed E-state index contributed by atoms with van der Waals surface area (Å²) >= 11 is 0. The van der Waals surface area contributed by atoms with Crippen LogP contribution in [-0.2, 0) is 4.74 Å². The number of hydrogen-bond donors (Lipinski definition) is 2. The molecule has 0 saturated heterocycles. The van der Waals surface area contributed by atoms with Crippen LogP contribution in [0.1, 0.15) is 28.2 Å². The molecule has 0 bridgehead atoms. The SMILES string of the molecule is Cc1cc(N)ccc1C=CCNC(=O)OCC1c2ccccc2-c2ccccc21. The van der Waals surface area contributed by atoms with Crippen LogP contribution >= 0.6 is 0 Å². The van der Waals surface area contributed by atoms with E-state index in [1.165, 1.54) is 22.3 Å². The smallest absolute Gasteiger partial charge is 0.407 e. The van der Waals surface area contributed by atoms with E-state index in [9.17, 15) is 4.79 Å². The van der Waals surface area contributed by atoms with E-state index in [2.05, 4.69) is 29.6 Å². The maximum atomic E-state index is 12.2. The van der Waals surface area contributed by atoms with Crippen LogP contribution in [0.15, 0.2) is 72.8 Å². The van der Waals surface area contributed by atoms with Gasteiger partial charge in [-0.15, -0.1) is 0 Å². The average molecular weight is 384 g/mol. The lowest BCUT2D eigenvalue weighted by Gasteiger charge is -2.14. The van der Waals surface area contributed by atoms with Gasteiger partial charge in [-0.05, 0) is 52.4 Å². The highest BCUT2D eigenvalue weighted by molar-refractivity contribution is 5.79. The molecule has 1 amide bonds. The Bertz CT molecular complexity index is 1030. The molecular formula is C25H24N2O2. The number of carbonyl (C=O) groups excluding carboxylic acids is 1. The Labute approximate surface area is 171 Å². The molecule has 29 heavy (non-hydrogen) atoms. The van der Waals surface area contributed by atoms with Crippen molar-refractivity contribution in [1.29, 1.82) is 0 Å². The third-order valence-corrected chi connectivity index (χ3v) is 5.30. The zero-order valence-corrected chi connectivity index (χ0v) is 16.4. The Kier molecular flexibility index (Phi) is 5.34. The highest BCUT2D eigenvalue weighted by Crippen LogP contribution is 2.44. The topological polar surface area (TPSA) is 64.3 Å². The van der Waals surface area contributed by atoms with Gasteiger partial charge in [-0.1, -0.05) is 66.7 Å². The first-order valence-corrected chi connectivity index (χ1v) is 9.75. The number of amides is 1. The van der Waals surface area contributed by atoms with Gasteiger partial charge in [0.05, 0.1) is 0 Å². The molecular weight excluding hydrogens is 360 g/mol. The molecule has 0 fully saturated rings. The van der Waals surface area contributed by atoms with E-state index in [4.69, 9.17) is 10.5 Å². The van der Waals surface area contributed by atoms with E-state index in [0.717, 1.165) is 16.8 Å². The summed E-state index contributed by atoms with van der Waals surface area (Å²) in [6, 6.07) is 22.4. The molecule has 1 aliphatic rings. The third kappa shape index (κ3) is 4.02. The molecule has 146 valence electrons. The molecule has 0 unspecified atom stereocenters. The fourth-order valence-electron chi connectivity index (χ4n) is 3.86. The lowest BCUT2D eigenvalue weighted by atomic mass is 9.98. The van der Waals surface area contributed by atoms with Crippen LogP contribution in [0, 0.1) is 6.92 Å². The molecule has 0 saturated carbocycles. The predicted octanol–water partition coefficient (Wildman–Crippen LogP) is 5.13. The van der Waals surface area contributed by atoms with Gasteiger partial charge >= 0.3 is 6.09 Å². The summed E-state index contributed by atoms with van der Waals surface area (Å²) in [5.41, 5.74) is 13.6. The van der Waals surface area contributed by atoms with Gasteiger partial charge in [0.2, 0.25) is 0 Å². The minimum Gasteiger partial charge on any atom is -0.449 e. The van der Waals surface area contributed by atoms with E-state index >= 15 is 0 Å². The van der Waals surface area contributed by atoms with Crippen LogP contribution in [0.3, 0.4) is 0 Å². The lowest BCUT2D eigenvalue weighted by Crippen LogP contribution is -2.26. The fourth-order valence-corrected chi connectivity index (χ4v) is 3.86. The van der Waals surface area contributed by atoms with Crippen LogP contribution in [0.5, 0.6) is 0 Å². The van der Waals surface area contributed by atoms with Gasteiger partial charge in [-0.2, -0.15) is 0 Å². The van der Waals surface area contributed by atoms with Crippen molar-refractivity contribution in [2.45, 2.75) is 12.8 Å². The quantitative estimate of drug-likeness (QED) is 0.600. The van der Waals surface area contributed by atoms with Gasteiger partial charge in [0.15, 0.2) is 0 Å². The van der Waals surface area contributed by atoms with E-state index in [0.29, 0.717) is 13.2 Å². The maximum Gasteiger partial charge on any atom is 0.407 e. The van der Waals surface area contributed by atoms with Gasteiger partial charge in [-0.3, -0.25) is 0 Å². The van der Waals surface area contributed by atoms with Gasteiger partial charge in [0.1, 0.15) is 6.61 Å². The highest BCUT2D eigenvalue weighted by Gasteiger charge is 2.28. The van der Waals surface area contributed by atoms with E-state index < -0.39 is 6.09 Å². The van der Waals surface area contributed by atoms with Crippen LogP contribution in [0.4, 0.5) is 10.5 Å². The Morgan fingerprint density at radius 3 is 2.34 bits per heavy atom. The standard InChI is InChI=1S/C25H24N2O2/c1-17-15-19(26)13-12-18(17)7-6-14-27-25(28)29-16-24-22-10-4-2-8-20(22)21-9-3-5-11-23(21)24/h2-13,15,24H,14,16,26H2,1H3,(H,27,28). The molecule has 4 rings (SSSR count). The van der Waals surface area contributed by atoms with Crippen molar-refractivity contribution < 1.29 is 9.53 Å². The maximum absolute atomic E-state index is 12.2. The second-order valence-electron chi connectivity index (χ2n) is 7.22. The van der Waals surface area contributed by atoms with Crippen molar-refractivity contribution >= 4 is 17.9 Å². The van der Waals surface area contributed by atoms with E-state index in [1.807, 2.05) is 61.5 Å². The molecule has 0 spiro atoms. The molecule has 4 heteroatoms. The normalized spacial score (nSPS) is 12.6.